The minimum Gasteiger partial charge on any atom is -0.318 e. The molecule has 3 rings (SSSR count). The molecular formula is C14H14FN3O. The third-order valence-corrected chi connectivity index (χ3v) is 3.39. The summed E-state index contributed by atoms with van der Waals surface area (Å²) in [4.78, 5) is 12.1. The van der Waals surface area contributed by atoms with Crippen LogP contribution in [0.3, 0.4) is 0 Å². The first-order valence-corrected chi connectivity index (χ1v) is 6.37. The molecule has 0 bridgehead atoms. The zero-order valence-corrected chi connectivity index (χ0v) is 10.4. The maximum absolute atomic E-state index is 13.5. The molecule has 0 atom stereocenters. The van der Waals surface area contributed by atoms with Crippen LogP contribution in [0.2, 0.25) is 0 Å². The highest BCUT2D eigenvalue weighted by Gasteiger charge is 2.22. The van der Waals surface area contributed by atoms with Crippen LogP contribution in [0.5, 0.6) is 0 Å². The highest BCUT2D eigenvalue weighted by molar-refractivity contribution is 6.04. The number of amides is 1. The fourth-order valence-electron chi connectivity index (χ4n) is 2.41. The fraction of sp³-hybridized carbons (Fsp3) is 0.286. The van der Waals surface area contributed by atoms with Crippen molar-refractivity contribution in [3.8, 4) is 0 Å². The second-order valence-electron chi connectivity index (χ2n) is 4.67. The number of nitrogens with one attached hydrogen (secondary N) is 2. The standard InChI is InChI=1S/C14H14FN3O/c15-10-6-2-4-8-12(10)16-14(19)13-9-5-1-3-7-11(9)17-18-13/h2,4,6,8H,1,3,5,7H2,(H,16,19)(H,17,18). The van der Waals surface area contributed by atoms with Crippen molar-refractivity contribution >= 4 is 11.6 Å². The van der Waals surface area contributed by atoms with Crippen molar-refractivity contribution in [2.24, 2.45) is 0 Å². The van der Waals surface area contributed by atoms with Crippen LogP contribution in [0.1, 0.15) is 34.6 Å². The van der Waals surface area contributed by atoms with E-state index in [1.54, 1.807) is 12.1 Å². The normalized spacial score (nSPS) is 13.9. The average molecular weight is 259 g/mol. The van der Waals surface area contributed by atoms with Gasteiger partial charge in [-0.3, -0.25) is 9.89 Å². The number of carbonyl (C=O) groups is 1. The number of fused-ring (bicyclic) bond motifs is 1. The lowest BCUT2D eigenvalue weighted by Gasteiger charge is -2.11. The van der Waals surface area contributed by atoms with E-state index in [4.69, 9.17) is 0 Å². The molecule has 19 heavy (non-hydrogen) atoms. The van der Waals surface area contributed by atoms with Gasteiger partial charge < -0.3 is 5.32 Å². The van der Waals surface area contributed by atoms with Gasteiger partial charge in [-0.15, -0.1) is 0 Å². The van der Waals surface area contributed by atoms with Crippen LogP contribution in [0.4, 0.5) is 10.1 Å². The number of carbonyl (C=O) groups excluding carboxylic acids is 1. The molecule has 0 radical (unpaired) electrons. The molecule has 98 valence electrons. The van der Waals surface area contributed by atoms with Crippen molar-refractivity contribution < 1.29 is 9.18 Å². The van der Waals surface area contributed by atoms with Gasteiger partial charge in [0.1, 0.15) is 5.82 Å². The molecule has 0 spiro atoms. The number of H-pyrrole nitrogens is 1. The summed E-state index contributed by atoms with van der Waals surface area (Å²) in [5.74, 6) is -0.801. The number of aryl methyl sites for hydroxylation is 1. The lowest BCUT2D eigenvalue weighted by molar-refractivity contribution is 0.102. The van der Waals surface area contributed by atoms with Gasteiger partial charge in [-0.1, -0.05) is 12.1 Å². The number of anilines is 1. The van der Waals surface area contributed by atoms with E-state index in [0.717, 1.165) is 36.9 Å². The molecule has 1 aliphatic rings. The summed E-state index contributed by atoms with van der Waals surface area (Å²) in [6, 6.07) is 6.11. The van der Waals surface area contributed by atoms with Gasteiger partial charge in [0.05, 0.1) is 5.69 Å². The Morgan fingerprint density at radius 3 is 2.89 bits per heavy atom. The molecule has 2 aromatic rings. The summed E-state index contributed by atoms with van der Waals surface area (Å²) >= 11 is 0. The van der Waals surface area contributed by atoms with Crippen molar-refractivity contribution in [3.05, 3.63) is 47.0 Å². The fourth-order valence-corrected chi connectivity index (χ4v) is 2.41. The van der Waals surface area contributed by atoms with Crippen LogP contribution in [0.15, 0.2) is 24.3 Å². The average Bonchev–Trinajstić information content (AvgIpc) is 2.85. The van der Waals surface area contributed by atoms with Gasteiger partial charge in [-0.2, -0.15) is 5.10 Å². The third-order valence-electron chi connectivity index (χ3n) is 3.39. The van der Waals surface area contributed by atoms with Crippen molar-refractivity contribution in [2.45, 2.75) is 25.7 Å². The Morgan fingerprint density at radius 1 is 1.26 bits per heavy atom. The van der Waals surface area contributed by atoms with Gasteiger partial charge in [-0.05, 0) is 37.8 Å². The van der Waals surface area contributed by atoms with Gasteiger partial charge in [0.15, 0.2) is 5.69 Å². The molecular weight excluding hydrogens is 245 g/mol. The van der Waals surface area contributed by atoms with E-state index in [1.807, 2.05) is 0 Å². The Hall–Kier alpha value is -2.17. The number of rotatable bonds is 2. The van der Waals surface area contributed by atoms with Crippen molar-refractivity contribution in [3.63, 3.8) is 0 Å². The van der Waals surface area contributed by atoms with Gasteiger partial charge >= 0.3 is 0 Å². The first-order valence-electron chi connectivity index (χ1n) is 6.37. The zero-order chi connectivity index (χ0) is 13.2. The van der Waals surface area contributed by atoms with Crippen molar-refractivity contribution in [1.82, 2.24) is 10.2 Å². The van der Waals surface area contributed by atoms with E-state index in [0.29, 0.717) is 5.69 Å². The third kappa shape index (κ3) is 2.23. The van der Waals surface area contributed by atoms with E-state index in [1.165, 1.54) is 12.1 Å². The first-order chi connectivity index (χ1) is 9.25. The minimum absolute atomic E-state index is 0.181. The minimum atomic E-state index is -0.444. The number of benzene rings is 1. The van der Waals surface area contributed by atoms with E-state index in [2.05, 4.69) is 15.5 Å². The van der Waals surface area contributed by atoms with Crippen molar-refractivity contribution in [2.75, 3.05) is 5.32 Å². The largest absolute Gasteiger partial charge is 0.318 e. The molecule has 2 N–H and O–H groups in total. The van der Waals surface area contributed by atoms with Gasteiger partial charge in [0.2, 0.25) is 0 Å². The quantitative estimate of drug-likeness (QED) is 0.871. The molecule has 0 saturated heterocycles. The Bertz CT molecular complexity index is 621. The lowest BCUT2D eigenvalue weighted by atomic mass is 9.96. The Kier molecular flexibility index (Phi) is 3.03. The molecule has 1 aliphatic carbocycles. The number of aromatic amines is 1. The molecule has 1 aromatic carbocycles. The predicted molar refractivity (Wildman–Crippen MR) is 69.6 cm³/mol. The van der Waals surface area contributed by atoms with Crippen LogP contribution in [-0.4, -0.2) is 16.1 Å². The monoisotopic (exact) mass is 259 g/mol. The van der Waals surface area contributed by atoms with Crippen LogP contribution in [0.25, 0.3) is 0 Å². The van der Waals surface area contributed by atoms with Gasteiger partial charge in [0.25, 0.3) is 5.91 Å². The highest BCUT2D eigenvalue weighted by atomic mass is 19.1. The summed E-state index contributed by atoms with van der Waals surface area (Å²) < 4.78 is 13.5. The topological polar surface area (TPSA) is 57.8 Å². The van der Waals surface area contributed by atoms with Crippen LogP contribution < -0.4 is 5.32 Å². The number of halogens is 1. The molecule has 0 aliphatic heterocycles. The van der Waals surface area contributed by atoms with Crippen LogP contribution in [-0.2, 0) is 12.8 Å². The second-order valence-corrected chi connectivity index (χ2v) is 4.67. The molecule has 4 nitrogen and oxygen atoms in total. The summed E-state index contributed by atoms with van der Waals surface area (Å²) in [5, 5.41) is 9.53. The van der Waals surface area contributed by atoms with E-state index in [-0.39, 0.29) is 11.6 Å². The smallest absolute Gasteiger partial charge is 0.276 e. The molecule has 1 aromatic heterocycles. The zero-order valence-electron chi connectivity index (χ0n) is 10.4. The molecule has 0 fully saturated rings. The summed E-state index contributed by atoms with van der Waals surface area (Å²) in [7, 11) is 0. The number of hydrogen-bond acceptors (Lipinski definition) is 2. The molecule has 0 unspecified atom stereocenters. The second kappa shape index (κ2) is 4.84. The van der Waals surface area contributed by atoms with E-state index < -0.39 is 5.82 Å². The van der Waals surface area contributed by atoms with Gasteiger partial charge in [0, 0.05) is 11.3 Å². The predicted octanol–water partition coefficient (Wildman–Crippen LogP) is 2.68. The Labute approximate surface area is 110 Å². The van der Waals surface area contributed by atoms with E-state index >= 15 is 0 Å². The Morgan fingerprint density at radius 2 is 2.05 bits per heavy atom. The molecule has 1 amide bonds. The van der Waals surface area contributed by atoms with E-state index in [9.17, 15) is 9.18 Å². The molecule has 0 saturated carbocycles. The SMILES string of the molecule is O=C(Nc1ccccc1F)c1n[nH]c2c1CCCC2. The van der Waals surface area contributed by atoms with Crippen LogP contribution >= 0.6 is 0 Å². The number of hydrogen-bond donors (Lipinski definition) is 2. The molecule has 1 heterocycles. The number of nitrogens with zero attached hydrogens (tertiary/aromatic N) is 1. The van der Waals surface area contributed by atoms with Crippen LogP contribution in [0, 0.1) is 5.82 Å². The summed E-state index contributed by atoms with van der Waals surface area (Å²) in [5.41, 5.74) is 2.57. The van der Waals surface area contributed by atoms with Gasteiger partial charge in [-0.25, -0.2) is 4.39 Å². The number of para-hydroxylation sites is 1. The first kappa shape index (κ1) is 11.9. The summed E-state index contributed by atoms with van der Waals surface area (Å²) in [6.07, 6.45) is 3.96. The molecule has 5 heteroatoms. The maximum atomic E-state index is 13.5. The Balaban J connectivity index is 1.85. The lowest BCUT2D eigenvalue weighted by Crippen LogP contribution is -2.16. The number of aromatic nitrogens is 2. The highest BCUT2D eigenvalue weighted by Crippen LogP contribution is 2.23. The maximum Gasteiger partial charge on any atom is 0.276 e. The summed E-state index contributed by atoms with van der Waals surface area (Å²) in [6.45, 7) is 0. The van der Waals surface area contributed by atoms with Crippen molar-refractivity contribution in [1.29, 1.82) is 0 Å².